The second kappa shape index (κ2) is 6.41. The fourth-order valence-corrected chi connectivity index (χ4v) is 3.09. The summed E-state index contributed by atoms with van der Waals surface area (Å²) in [6.07, 6.45) is 1.71. The molecule has 2 N–H and O–H groups in total. The van der Waals surface area contributed by atoms with Crippen LogP contribution in [-0.2, 0) is 4.79 Å². The predicted molar refractivity (Wildman–Crippen MR) is 103 cm³/mol. The van der Waals surface area contributed by atoms with Gasteiger partial charge in [0.05, 0.1) is 7.11 Å². The number of nitrogens with one attached hydrogen (secondary N) is 1. The number of phenols is 1. The zero-order valence-electron chi connectivity index (χ0n) is 14.2. The molecule has 0 fully saturated rings. The molecule has 0 aliphatic carbocycles. The Morgan fingerprint density at radius 3 is 2.58 bits per heavy atom. The zero-order valence-corrected chi connectivity index (χ0v) is 14.2. The minimum Gasteiger partial charge on any atom is -0.507 e. The number of carbonyl (C=O) groups excluding carboxylic acids is 1. The van der Waals surface area contributed by atoms with Crippen molar-refractivity contribution in [2.75, 3.05) is 12.4 Å². The Kier molecular flexibility index (Phi) is 3.93. The van der Waals surface area contributed by atoms with Crippen LogP contribution in [0.2, 0.25) is 0 Å². The van der Waals surface area contributed by atoms with Gasteiger partial charge in [-0.3, -0.25) is 4.79 Å². The smallest absolute Gasteiger partial charge is 0.256 e. The van der Waals surface area contributed by atoms with Crippen molar-refractivity contribution < 1.29 is 14.6 Å². The average molecular weight is 343 g/mol. The predicted octanol–water partition coefficient (Wildman–Crippen LogP) is 4.56. The number of methoxy groups -OCH3 is 1. The Bertz CT molecular complexity index is 1040. The van der Waals surface area contributed by atoms with Gasteiger partial charge in [0.1, 0.15) is 11.5 Å². The van der Waals surface area contributed by atoms with Crippen molar-refractivity contribution in [3.8, 4) is 22.6 Å². The molecular weight excluding hydrogens is 326 g/mol. The molecule has 1 heterocycles. The molecule has 0 saturated carbocycles. The van der Waals surface area contributed by atoms with Gasteiger partial charge in [0, 0.05) is 22.4 Å². The maximum Gasteiger partial charge on any atom is 0.256 e. The van der Waals surface area contributed by atoms with Crippen molar-refractivity contribution in [3.05, 3.63) is 77.9 Å². The number of anilines is 1. The van der Waals surface area contributed by atoms with Gasteiger partial charge >= 0.3 is 0 Å². The summed E-state index contributed by atoms with van der Waals surface area (Å²) in [5, 5.41) is 12.9. The lowest BCUT2D eigenvalue weighted by atomic mass is 9.99. The number of phenolic OH excluding ortho intramolecular Hbond substituents is 1. The van der Waals surface area contributed by atoms with Gasteiger partial charge in [0.15, 0.2) is 0 Å². The molecule has 0 spiro atoms. The van der Waals surface area contributed by atoms with Gasteiger partial charge < -0.3 is 15.2 Å². The standard InChI is InChI=1S/C22H17NO3/c1-26-17-7-4-6-14(11-17)15-9-10-18-19(22(25)23-20(18)13-15)12-16-5-2-3-8-21(16)24/h2-13,24H,1H3,(H,23,25)/b19-12-. The summed E-state index contributed by atoms with van der Waals surface area (Å²) in [4.78, 5) is 12.4. The van der Waals surface area contributed by atoms with Crippen LogP contribution in [0.5, 0.6) is 11.5 Å². The van der Waals surface area contributed by atoms with Crippen LogP contribution in [0, 0.1) is 0 Å². The first-order valence-electron chi connectivity index (χ1n) is 8.25. The molecule has 0 radical (unpaired) electrons. The molecule has 128 valence electrons. The third-order valence-electron chi connectivity index (χ3n) is 4.44. The number of rotatable bonds is 3. The second-order valence-corrected chi connectivity index (χ2v) is 6.06. The first-order chi connectivity index (χ1) is 12.7. The normalized spacial score (nSPS) is 14.2. The third-order valence-corrected chi connectivity index (χ3v) is 4.44. The van der Waals surface area contributed by atoms with Crippen molar-refractivity contribution in [3.63, 3.8) is 0 Å². The molecule has 4 rings (SSSR count). The second-order valence-electron chi connectivity index (χ2n) is 6.06. The summed E-state index contributed by atoms with van der Waals surface area (Å²) < 4.78 is 5.28. The van der Waals surface area contributed by atoms with Crippen molar-refractivity contribution in [2.24, 2.45) is 0 Å². The summed E-state index contributed by atoms with van der Waals surface area (Å²) in [6.45, 7) is 0. The molecule has 1 aliphatic rings. The number of para-hydroxylation sites is 1. The molecule has 3 aromatic carbocycles. The lowest BCUT2D eigenvalue weighted by molar-refractivity contribution is -0.110. The topological polar surface area (TPSA) is 58.6 Å². The Morgan fingerprint density at radius 1 is 0.962 bits per heavy atom. The van der Waals surface area contributed by atoms with Crippen LogP contribution in [0.4, 0.5) is 5.69 Å². The maximum absolute atomic E-state index is 12.4. The van der Waals surface area contributed by atoms with Crippen LogP contribution >= 0.6 is 0 Å². The number of fused-ring (bicyclic) bond motifs is 1. The van der Waals surface area contributed by atoms with Crippen LogP contribution in [0.3, 0.4) is 0 Å². The molecular formula is C22H17NO3. The highest BCUT2D eigenvalue weighted by atomic mass is 16.5. The lowest BCUT2D eigenvalue weighted by Crippen LogP contribution is -2.03. The van der Waals surface area contributed by atoms with Crippen LogP contribution in [-0.4, -0.2) is 18.1 Å². The van der Waals surface area contributed by atoms with E-state index in [9.17, 15) is 9.90 Å². The van der Waals surface area contributed by atoms with Gasteiger partial charge in [0.2, 0.25) is 0 Å². The molecule has 1 aliphatic heterocycles. The molecule has 0 atom stereocenters. The minimum absolute atomic E-state index is 0.147. The summed E-state index contributed by atoms with van der Waals surface area (Å²) in [7, 11) is 1.64. The van der Waals surface area contributed by atoms with Crippen molar-refractivity contribution in [1.82, 2.24) is 0 Å². The maximum atomic E-state index is 12.4. The van der Waals surface area contributed by atoms with E-state index in [-0.39, 0.29) is 11.7 Å². The molecule has 0 aromatic heterocycles. The highest BCUT2D eigenvalue weighted by molar-refractivity contribution is 6.35. The number of benzene rings is 3. The summed E-state index contributed by atoms with van der Waals surface area (Å²) in [5.41, 5.74) is 4.74. The zero-order chi connectivity index (χ0) is 18.1. The molecule has 4 nitrogen and oxygen atoms in total. The van der Waals surface area contributed by atoms with E-state index in [2.05, 4.69) is 5.32 Å². The molecule has 26 heavy (non-hydrogen) atoms. The van der Waals surface area contributed by atoms with E-state index in [0.29, 0.717) is 11.1 Å². The highest BCUT2D eigenvalue weighted by Crippen LogP contribution is 2.37. The fraction of sp³-hybridized carbons (Fsp3) is 0.0455. The van der Waals surface area contributed by atoms with E-state index in [1.54, 1.807) is 31.4 Å². The number of aromatic hydroxyl groups is 1. The first-order valence-corrected chi connectivity index (χ1v) is 8.25. The van der Waals surface area contributed by atoms with E-state index in [0.717, 1.165) is 28.1 Å². The average Bonchev–Trinajstić information content (AvgIpc) is 2.98. The SMILES string of the molecule is COc1cccc(-c2ccc3c(c2)NC(=O)/C3=C\c2ccccc2O)c1. The molecule has 0 saturated heterocycles. The number of hydrogen-bond acceptors (Lipinski definition) is 3. The fourth-order valence-electron chi connectivity index (χ4n) is 3.09. The van der Waals surface area contributed by atoms with E-state index < -0.39 is 0 Å². The quantitative estimate of drug-likeness (QED) is 0.685. The Morgan fingerprint density at radius 2 is 1.77 bits per heavy atom. The van der Waals surface area contributed by atoms with E-state index >= 15 is 0 Å². The first kappa shape index (κ1) is 16.0. The number of hydrogen-bond donors (Lipinski definition) is 2. The van der Waals surface area contributed by atoms with Gasteiger partial charge in [-0.05, 0) is 41.5 Å². The van der Waals surface area contributed by atoms with Crippen molar-refractivity contribution in [1.29, 1.82) is 0 Å². The van der Waals surface area contributed by atoms with E-state index in [1.807, 2.05) is 48.5 Å². The van der Waals surface area contributed by atoms with Crippen molar-refractivity contribution >= 4 is 23.2 Å². The van der Waals surface area contributed by atoms with Gasteiger partial charge in [-0.15, -0.1) is 0 Å². The molecule has 4 heteroatoms. The van der Waals surface area contributed by atoms with Crippen LogP contribution in [0.1, 0.15) is 11.1 Å². The van der Waals surface area contributed by atoms with Gasteiger partial charge in [-0.2, -0.15) is 0 Å². The van der Waals surface area contributed by atoms with Crippen LogP contribution < -0.4 is 10.1 Å². The third kappa shape index (κ3) is 2.82. The highest BCUT2D eigenvalue weighted by Gasteiger charge is 2.24. The van der Waals surface area contributed by atoms with Gasteiger partial charge in [-0.25, -0.2) is 0 Å². The molecule has 0 bridgehead atoms. The largest absolute Gasteiger partial charge is 0.507 e. The van der Waals surface area contributed by atoms with E-state index in [1.165, 1.54) is 0 Å². The van der Waals surface area contributed by atoms with Crippen molar-refractivity contribution in [2.45, 2.75) is 0 Å². The van der Waals surface area contributed by atoms with E-state index in [4.69, 9.17) is 4.74 Å². The van der Waals surface area contributed by atoms with Crippen LogP contribution in [0.25, 0.3) is 22.8 Å². The Labute approximate surface area is 151 Å². The lowest BCUT2D eigenvalue weighted by Gasteiger charge is -2.07. The molecule has 0 unspecified atom stereocenters. The van der Waals surface area contributed by atoms with Crippen LogP contribution in [0.15, 0.2) is 66.7 Å². The summed E-state index contributed by atoms with van der Waals surface area (Å²) in [6, 6.07) is 20.6. The molecule has 1 amide bonds. The summed E-state index contributed by atoms with van der Waals surface area (Å²) >= 11 is 0. The number of amides is 1. The van der Waals surface area contributed by atoms with Gasteiger partial charge in [-0.1, -0.05) is 42.5 Å². The Balaban J connectivity index is 1.75. The summed E-state index contributed by atoms with van der Waals surface area (Å²) in [5.74, 6) is 0.757. The van der Waals surface area contributed by atoms with Gasteiger partial charge in [0.25, 0.3) is 5.91 Å². The Hall–Kier alpha value is -3.53. The molecule has 3 aromatic rings. The number of carbonyl (C=O) groups is 1. The monoisotopic (exact) mass is 343 g/mol. The number of ether oxygens (including phenoxy) is 1. The minimum atomic E-state index is -0.175.